The van der Waals surface area contributed by atoms with Crippen molar-refractivity contribution in [3.05, 3.63) is 16.1 Å². The lowest BCUT2D eigenvalue weighted by molar-refractivity contribution is 0.0714. The Balaban J connectivity index is 1.94. The SMILES string of the molecule is Cc1ncsc1C(=O)N[C@H](C)[C@@H]1CCCO1. The van der Waals surface area contributed by atoms with E-state index in [1.165, 1.54) is 11.3 Å². The van der Waals surface area contributed by atoms with Crippen LogP contribution in [0.25, 0.3) is 0 Å². The van der Waals surface area contributed by atoms with Crippen LogP contribution in [0.15, 0.2) is 5.51 Å². The summed E-state index contributed by atoms with van der Waals surface area (Å²) in [5.74, 6) is -0.0389. The topological polar surface area (TPSA) is 51.2 Å². The van der Waals surface area contributed by atoms with Crippen molar-refractivity contribution in [1.29, 1.82) is 0 Å². The first kappa shape index (κ1) is 11.5. The number of carbonyl (C=O) groups is 1. The van der Waals surface area contributed by atoms with Crippen LogP contribution in [0.3, 0.4) is 0 Å². The van der Waals surface area contributed by atoms with E-state index < -0.39 is 0 Å². The molecule has 0 aromatic carbocycles. The van der Waals surface area contributed by atoms with E-state index in [2.05, 4.69) is 10.3 Å². The van der Waals surface area contributed by atoms with Crippen molar-refractivity contribution >= 4 is 17.2 Å². The summed E-state index contributed by atoms with van der Waals surface area (Å²) in [7, 11) is 0. The highest BCUT2D eigenvalue weighted by Gasteiger charge is 2.24. The quantitative estimate of drug-likeness (QED) is 0.875. The summed E-state index contributed by atoms with van der Waals surface area (Å²) < 4.78 is 5.54. The van der Waals surface area contributed by atoms with E-state index in [1.807, 2.05) is 13.8 Å². The second kappa shape index (κ2) is 4.93. The lowest BCUT2D eigenvalue weighted by Gasteiger charge is -2.19. The van der Waals surface area contributed by atoms with E-state index in [-0.39, 0.29) is 18.1 Å². The summed E-state index contributed by atoms with van der Waals surface area (Å²) in [6, 6.07) is 0.0662. The largest absolute Gasteiger partial charge is 0.376 e. The number of rotatable bonds is 3. The average Bonchev–Trinajstić information content (AvgIpc) is 2.86. The molecule has 0 unspecified atom stereocenters. The van der Waals surface area contributed by atoms with Crippen molar-refractivity contribution in [2.24, 2.45) is 0 Å². The molecule has 1 aliphatic heterocycles. The zero-order chi connectivity index (χ0) is 11.5. The maximum absolute atomic E-state index is 11.9. The molecule has 1 aromatic rings. The molecule has 1 saturated heterocycles. The Morgan fingerprint density at radius 3 is 3.12 bits per heavy atom. The van der Waals surface area contributed by atoms with Crippen LogP contribution in [-0.2, 0) is 4.74 Å². The van der Waals surface area contributed by atoms with Gasteiger partial charge in [-0.25, -0.2) is 4.98 Å². The molecule has 1 aliphatic rings. The van der Waals surface area contributed by atoms with Crippen LogP contribution in [-0.4, -0.2) is 29.6 Å². The number of thiazole rings is 1. The van der Waals surface area contributed by atoms with Crippen molar-refractivity contribution in [2.75, 3.05) is 6.61 Å². The van der Waals surface area contributed by atoms with Crippen LogP contribution in [0.4, 0.5) is 0 Å². The third-order valence-electron chi connectivity index (χ3n) is 2.83. The number of hydrogen-bond donors (Lipinski definition) is 1. The maximum Gasteiger partial charge on any atom is 0.263 e. The molecule has 2 rings (SSSR count). The van der Waals surface area contributed by atoms with Gasteiger partial charge in [-0.15, -0.1) is 11.3 Å². The molecule has 1 amide bonds. The monoisotopic (exact) mass is 240 g/mol. The number of amides is 1. The summed E-state index contributed by atoms with van der Waals surface area (Å²) in [4.78, 5) is 16.7. The van der Waals surface area contributed by atoms with E-state index in [9.17, 15) is 4.79 Å². The first-order chi connectivity index (χ1) is 7.68. The van der Waals surface area contributed by atoms with Gasteiger partial charge in [0.15, 0.2) is 0 Å². The molecule has 16 heavy (non-hydrogen) atoms. The van der Waals surface area contributed by atoms with Gasteiger partial charge < -0.3 is 10.1 Å². The van der Waals surface area contributed by atoms with Crippen LogP contribution < -0.4 is 5.32 Å². The molecule has 1 fully saturated rings. The fourth-order valence-corrected chi connectivity index (χ4v) is 2.59. The van der Waals surface area contributed by atoms with Crippen LogP contribution in [0.1, 0.15) is 35.1 Å². The van der Waals surface area contributed by atoms with Crippen LogP contribution in [0.5, 0.6) is 0 Å². The van der Waals surface area contributed by atoms with Gasteiger partial charge in [-0.05, 0) is 26.7 Å². The molecule has 5 heteroatoms. The molecule has 88 valence electrons. The number of aryl methyl sites for hydroxylation is 1. The van der Waals surface area contributed by atoms with Crippen LogP contribution in [0.2, 0.25) is 0 Å². The number of carbonyl (C=O) groups excluding carboxylic acids is 1. The number of aromatic nitrogens is 1. The predicted molar refractivity (Wildman–Crippen MR) is 62.8 cm³/mol. The highest BCUT2D eigenvalue weighted by atomic mass is 32.1. The highest BCUT2D eigenvalue weighted by Crippen LogP contribution is 2.17. The van der Waals surface area contributed by atoms with Crippen molar-refractivity contribution in [3.63, 3.8) is 0 Å². The maximum atomic E-state index is 11.9. The highest BCUT2D eigenvalue weighted by molar-refractivity contribution is 7.11. The smallest absolute Gasteiger partial charge is 0.263 e. The van der Waals surface area contributed by atoms with Crippen LogP contribution in [0, 0.1) is 6.92 Å². The normalized spacial score (nSPS) is 22.0. The summed E-state index contributed by atoms with van der Waals surface area (Å²) in [5, 5.41) is 2.97. The Hall–Kier alpha value is -0.940. The Morgan fingerprint density at radius 2 is 2.56 bits per heavy atom. The van der Waals surface area contributed by atoms with Crippen molar-refractivity contribution in [1.82, 2.24) is 10.3 Å². The van der Waals surface area contributed by atoms with Gasteiger partial charge in [0.2, 0.25) is 0 Å². The third-order valence-corrected chi connectivity index (χ3v) is 3.76. The predicted octanol–water partition coefficient (Wildman–Crippen LogP) is 1.75. The van der Waals surface area contributed by atoms with Gasteiger partial charge >= 0.3 is 0 Å². The zero-order valence-electron chi connectivity index (χ0n) is 9.53. The second-order valence-electron chi connectivity index (χ2n) is 4.08. The Labute approximate surface area is 99.0 Å². The minimum absolute atomic E-state index is 0.0389. The van der Waals surface area contributed by atoms with Gasteiger partial charge in [-0.1, -0.05) is 0 Å². The molecule has 0 aliphatic carbocycles. The molecular weight excluding hydrogens is 224 g/mol. The lowest BCUT2D eigenvalue weighted by Crippen LogP contribution is -2.40. The number of nitrogens with zero attached hydrogens (tertiary/aromatic N) is 1. The molecule has 1 N–H and O–H groups in total. The summed E-state index contributed by atoms with van der Waals surface area (Å²) in [6.07, 6.45) is 2.28. The van der Waals surface area contributed by atoms with E-state index in [4.69, 9.17) is 4.74 Å². The molecule has 0 saturated carbocycles. The molecule has 2 heterocycles. The number of nitrogens with one attached hydrogen (secondary N) is 1. The zero-order valence-corrected chi connectivity index (χ0v) is 10.3. The van der Waals surface area contributed by atoms with E-state index in [1.54, 1.807) is 5.51 Å². The van der Waals surface area contributed by atoms with Gasteiger partial charge in [0.25, 0.3) is 5.91 Å². The molecule has 0 radical (unpaired) electrons. The van der Waals surface area contributed by atoms with Crippen molar-refractivity contribution in [3.8, 4) is 0 Å². The lowest BCUT2D eigenvalue weighted by atomic mass is 10.1. The first-order valence-corrected chi connectivity index (χ1v) is 6.39. The van der Waals surface area contributed by atoms with Gasteiger partial charge in [0.1, 0.15) is 4.88 Å². The number of ether oxygens (including phenoxy) is 1. The average molecular weight is 240 g/mol. The molecule has 1 aromatic heterocycles. The minimum Gasteiger partial charge on any atom is -0.376 e. The fraction of sp³-hybridized carbons (Fsp3) is 0.636. The van der Waals surface area contributed by atoms with Crippen molar-refractivity contribution < 1.29 is 9.53 Å². The van der Waals surface area contributed by atoms with E-state index >= 15 is 0 Å². The summed E-state index contributed by atoms with van der Waals surface area (Å²) in [6.45, 7) is 4.65. The molecule has 2 atom stereocenters. The minimum atomic E-state index is -0.0389. The van der Waals surface area contributed by atoms with Crippen LogP contribution >= 0.6 is 11.3 Å². The third kappa shape index (κ3) is 2.41. The second-order valence-corrected chi connectivity index (χ2v) is 4.94. The van der Waals surface area contributed by atoms with Gasteiger partial charge in [-0.2, -0.15) is 0 Å². The fourth-order valence-electron chi connectivity index (χ4n) is 1.88. The number of hydrogen-bond acceptors (Lipinski definition) is 4. The van der Waals surface area contributed by atoms with E-state index in [0.717, 1.165) is 25.1 Å². The Morgan fingerprint density at radius 1 is 1.75 bits per heavy atom. The Bertz CT molecular complexity index is 372. The first-order valence-electron chi connectivity index (χ1n) is 5.51. The Kier molecular flexibility index (Phi) is 3.56. The van der Waals surface area contributed by atoms with Gasteiger partial charge in [0, 0.05) is 6.61 Å². The molecular formula is C11H16N2O2S. The van der Waals surface area contributed by atoms with Crippen molar-refractivity contribution in [2.45, 2.75) is 38.8 Å². The molecule has 0 bridgehead atoms. The standard InChI is InChI=1S/C11H16N2O2S/c1-7(9-4-3-5-15-9)13-11(14)10-8(2)12-6-16-10/h6-7,9H,3-5H2,1-2H3,(H,13,14)/t7-,9+/m1/s1. The molecule has 0 spiro atoms. The summed E-state index contributed by atoms with van der Waals surface area (Å²) >= 11 is 1.38. The molecule has 4 nitrogen and oxygen atoms in total. The van der Waals surface area contributed by atoms with Gasteiger partial charge in [-0.3, -0.25) is 4.79 Å². The summed E-state index contributed by atoms with van der Waals surface area (Å²) in [5.41, 5.74) is 2.49. The van der Waals surface area contributed by atoms with E-state index in [0.29, 0.717) is 4.88 Å². The van der Waals surface area contributed by atoms with Gasteiger partial charge in [0.05, 0.1) is 23.4 Å².